The van der Waals surface area contributed by atoms with Crippen LogP contribution in [0.5, 0.6) is 0 Å². The van der Waals surface area contributed by atoms with Crippen molar-refractivity contribution in [1.29, 1.82) is 0 Å². The molecule has 0 amide bonds. The predicted molar refractivity (Wildman–Crippen MR) is 177 cm³/mol. The largest absolute Gasteiger partial charge is 0.0885 e. The van der Waals surface area contributed by atoms with E-state index >= 15 is 0 Å². The molecule has 0 radical (unpaired) electrons. The van der Waals surface area contributed by atoms with Gasteiger partial charge in [-0.15, -0.1) is 0 Å². The van der Waals surface area contributed by atoms with Gasteiger partial charge in [-0.05, 0) is 102 Å². The van der Waals surface area contributed by atoms with E-state index in [1.54, 1.807) is 0 Å². The predicted octanol–water partition coefficient (Wildman–Crippen LogP) is 13.9. The lowest BCUT2D eigenvalue weighted by molar-refractivity contribution is 0.341. The normalized spacial score (nSPS) is 12.7. The quantitative estimate of drug-likeness (QED) is 0.0671. The Kier molecular flexibility index (Phi) is 31.3. The average Bonchev–Trinajstić information content (AvgIpc) is 2.91. The van der Waals surface area contributed by atoms with Gasteiger partial charge in [0, 0.05) is 0 Å². The fraction of sp³-hybridized carbons (Fsp3) is 0.789. The van der Waals surface area contributed by atoms with Gasteiger partial charge in [-0.1, -0.05) is 141 Å². The van der Waals surface area contributed by atoms with E-state index in [0.717, 1.165) is 11.8 Å². The molecule has 0 aromatic carbocycles. The maximum Gasteiger partial charge on any atom is -0.0348 e. The summed E-state index contributed by atoms with van der Waals surface area (Å²) < 4.78 is 0. The Balaban J connectivity index is 3.59. The standard InChI is InChI=1S/C38H70/c1-5-7-9-11-13-15-17-19-21-23-25-27-29-31-33-35-38(37(3)4)36-34-32-30-28-26-24-22-20-18-16-14-12-10-8-6-2/h11-14,29-32,37-38H,5-10,15-28,33-36H2,1-4H3/b13-11+,14-12+,31-29+,32-30+. The molecule has 0 nitrogen and oxygen atoms in total. The number of hydrogen-bond acceptors (Lipinski definition) is 0. The van der Waals surface area contributed by atoms with Crippen LogP contribution in [-0.4, -0.2) is 0 Å². The topological polar surface area (TPSA) is 0 Å². The molecule has 0 bridgehead atoms. The van der Waals surface area contributed by atoms with E-state index in [-0.39, 0.29) is 0 Å². The molecule has 222 valence electrons. The Morgan fingerprint density at radius 3 is 0.895 bits per heavy atom. The monoisotopic (exact) mass is 527 g/mol. The minimum absolute atomic E-state index is 0.805. The van der Waals surface area contributed by atoms with Crippen LogP contribution in [0, 0.1) is 11.8 Å². The van der Waals surface area contributed by atoms with Crippen LogP contribution in [0.4, 0.5) is 0 Å². The fourth-order valence-corrected chi connectivity index (χ4v) is 5.13. The Hall–Kier alpha value is -1.04. The summed E-state index contributed by atoms with van der Waals surface area (Å²) in [6.45, 7) is 9.37. The minimum Gasteiger partial charge on any atom is -0.0885 e. The molecular weight excluding hydrogens is 456 g/mol. The van der Waals surface area contributed by atoms with Gasteiger partial charge in [0.25, 0.3) is 0 Å². The number of allylic oxidation sites excluding steroid dienone is 8. The van der Waals surface area contributed by atoms with Gasteiger partial charge in [0.2, 0.25) is 0 Å². The highest BCUT2D eigenvalue weighted by Crippen LogP contribution is 2.23. The molecule has 0 aromatic heterocycles. The van der Waals surface area contributed by atoms with Crippen LogP contribution >= 0.6 is 0 Å². The first kappa shape index (κ1) is 37.0. The summed E-state index contributed by atoms with van der Waals surface area (Å²) in [6.07, 6.45) is 51.6. The van der Waals surface area contributed by atoms with E-state index in [9.17, 15) is 0 Å². The second-order valence-corrected chi connectivity index (χ2v) is 12.0. The Bertz CT molecular complexity index is 500. The van der Waals surface area contributed by atoms with Crippen LogP contribution in [0.1, 0.15) is 182 Å². The van der Waals surface area contributed by atoms with Crippen molar-refractivity contribution in [1.82, 2.24) is 0 Å². The third-order valence-corrected chi connectivity index (χ3v) is 7.95. The minimum atomic E-state index is 0.805. The molecule has 0 heteroatoms. The third kappa shape index (κ3) is 29.5. The molecule has 0 saturated heterocycles. The highest BCUT2D eigenvalue weighted by Gasteiger charge is 2.11. The Morgan fingerprint density at radius 2 is 0.605 bits per heavy atom. The summed E-state index contributed by atoms with van der Waals surface area (Å²) in [5, 5.41) is 0. The second kappa shape index (κ2) is 32.2. The van der Waals surface area contributed by atoms with E-state index in [4.69, 9.17) is 0 Å². The molecule has 0 heterocycles. The number of rotatable bonds is 29. The molecule has 0 aliphatic rings. The molecular formula is C38H70. The number of unbranched alkanes of at least 4 members (excludes halogenated alkanes) is 16. The zero-order chi connectivity index (χ0) is 27.8. The maximum absolute atomic E-state index is 2.47. The molecule has 38 heavy (non-hydrogen) atoms. The van der Waals surface area contributed by atoms with Gasteiger partial charge in [0.05, 0.1) is 0 Å². The van der Waals surface area contributed by atoms with Gasteiger partial charge < -0.3 is 0 Å². The van der Waals surface area contributed by atoms with Crippen molar-refractivity contribution < 1.29 is 0 Å². The van der Waals surface area contributed by atoms with Crippen LogP contribution < -0.4 is 0 Å². The highest BCUT2D eigenvalue weighted by atomic mass is 14.2. The van der Waals surface area contributed by atoms with Crippen molar-refractivity contribution in [3.8, 4) is 0 Å². The van der Waals surface area contributed by atoms with E-state index in [1.165, 1.54) is 154 Å². The molecule has 0 saturated carbocycles. The second-order valence-electron chi connectivity index (χ2n) is 12.0. The molecule has 0 aliphatic heterocycles. The summed E-state index contributed by atoms with van der Waals surface area (Å²) in [5.74, 6) is 1.68. The molecule has 0 fully saturated rings. The molecule has 0 spiro atoms. The van der Waals surface area contributed by atoms with Crippen molar-refractivity contribution in [3.63, 3.8) is 0 Å². The van der Waals surface area contributed by atoms with Gasteiger partial charge in [-0.2, -0.15) is 0 Å². The highest BCUT2D eigenvalue weighted by molar-refractivity contribution is 4.86. The van der Waals surface area contributed by atoms with E-state index in [2.05, 4.69) is 76.3 Å². The van der Waals surface area contributed by atoms with Gasteiger partial charge in [-0.25, -0.2) is 0 Å². The van der Waals surface area contributed by atoms with Crippen LogP contribution in [0.2, 0.25) is 0 Å². The Morgan fingerprint density at radius 1 is 0.342 bits per heavy atom. The SMILES string of the molecule is CCCC/C=C/CCCCCCC/C=C/CCC(CC/C=C/CCCCCCC/C=C/CCCC)C(C)C. The first-order chi connectivity index (χ1) is 18.7. The van der Waals surface area contributed by atoms with Gasteiger partial charge in [-0.3, -0.25) is 0 Å². The van der Waals surface area contributed by atoms with E-state index in [0.29, 0.717) is 0 Å². The maximum atomic E-state index is 2.47. The van der Waals surface area contributed by atoms with Gasteiger partial charge >= 0.3 is 0 Å². The fourth-order valence-electron chi connectivity index (χ4n) is 5.13. The molecule has 0 atom stereocenters. The lowest BCUT2D eigenvalue weighted by Gasteiger charge is -2.19. The summed E-state index contributed by atoms with van der Waals surface area (Å²) in [6, 6.07) is 0. The molecule has 0 aromatic rings. The van der Waals surface area contributed by atoms with Crippen LogP contribution in [0.3, 0.4) is 0 Å². The first-order valence-corrected chi connectivity index (χ1v) is 17.3. The molecule has 0 unspecified atom stereocenters. The zero-order valence-corrected chi connectivity index (χ0v) is 26.7. The summed E-state index contributed by atoms with van der Waals surface area (Å²) >= 11 is 0. The van der Waals surface area contributed by atoms with Crippen LogP contribution in [0.25, 0.3) is 0 Å². The summed E-state index contributed by atoms with van der Waals surface area (Å²) in [7, 11) is 0. The summed E-state index contributed by atoms with van der Waals surface area (Å²) in [4.78, 5) is 0. The Labute approximate surface area is 241 Å². The van der Waals surface area contributed by atoms with Crippen LogP contribution in [-0.2, 0) is 0 Å². The van der Waals surface area contributed by atoms with Crippen molar-refractivity contribution in [2.75, 3.05) is 0 Å². The van der Waals surface area contributed by atoms with Crippen molar-refractivity contribution >= 4 is 0 Å². The molecule has 0 N–H and O–H groups in total. The van der Waals surface area contributed by atoms with Gasteiger partial charge in [0.1, 0.15) is 0 Å². The molecule has 0 aliphatic carbocycles. The lowest BCUT2D eigenvalue weighted by atomic mass is 9.87. The van der Waals surface area contributed by atoms with Gasteiger partial charge in [0.15, 0.2) is 0 Å². The van der Waals surface area contributed by atoms with E-state index in [1.807, 2.05) is 0 Å². The van der Waals surface area contributed by atoms with E-state index < -0.39 is 0 Å². The third-order valence-electron chi connectivity index (χ3n) is 7.95. The first-order valence-electron chi connectivity index (χ1n) is 17.3. The smallest absolute Gasteiger partial charge is 0.0348 e. The summed E-state index contributed by atoms with van der Waals surface area (Å²) in [5.41, 5.74) is 0. The van der Waals surface area contributed by atoms with Crippen molar-refractivity contribution in [3.05, 3.63) is 48.6 Å². The number of hydrogen-bond donors (Lipinski definition) is 0. The average molecular weight is 527 g/mol. The zero-order valence-electron chi connectivity index (χ0n) is 26.7. The van der Waals surface area contributed by atoms with Crippen molar-refractivity contribution in [2.45, 2.75) is 182 Å². The van der Waals surface area contributed by atoms with Crippen molar-refractivity contribution in [2.24, 2.45) is 11.8 Å². The molecule has 0 rings (SSSR count). The van der Waals surface area contributed by atoms with Crippen LogP contribution in [0.15, 0.2) is 48.6 Å². The lowest BCUT2D eigenvalue weighted by Crippen LogP contribution is -2.08.